The number of hydrogen-bond acceptors (Lipinski definition) is 1. The lowest BCUT2D eigenvalue weighted by atomic mass is 9.79. The minimum Gasteiger partial charge on any atom is -0.372 e. The van der Waals surface area contributed by atoms with Crippen LogP contribution in [-0.4, -0.2) is 11.7 Å². The SMILES string of the molecule is CC1(C)CCC(C2CCCc3ccccc32)O1. The van der Waals surface area contributed by atoms with Crippen LogP contribution in [0.2, 0.25) is 0 Å². The summed E-state index contributed by atoms with van der Waals surface area (Å²) in [6.07, 6.45) is 6.76. The number of rotatable bonds is 1. The lowest BCUT2D eigenvalue weighted by molar-refractivity contribution is -0.0288. The Labute approximate surface area is 104 Å². The van der Waals surface area contributed by atoms with Crippen molar-refractivity contribution in [2.45, 2.75) is 63.6 Å². The van der Waals surface area contributed by atoms with E-state index < -0.39 is 0 Å². The van der Waals surface area contributed by atoms with Gasteiger partial charge >= 0.3 is 0 Å². The predicted octanol–water partition coefficient (Wildman–Crippen LogP) is 4.06. The van der Waals surface area contributed by atoms with Crippen LogP contribution in [0.4, 0.5) is 0 Å². The molecule has 0 amide bonds. The first-order valence-electron chi connectivity index (χ1n) is 6.91. The molecule has 0 saturated carbocycles. The van der Waals surface area contributed by atoms with Crippen LogP contribution in [0.1, 0.15) is 56.6 Å². The van der Waals surface area contributed by atoms with Gasteiger partial charge in [-0.25, -0.2) is 0 Å². The molecule has 0 bridgehead atoms. The summed E-state index contributed by atoms with van der Waals surface area (Å²) in [6, 6.07) is 8.95. The molecule has 0 spiro atoms. The van der Waals surface area contributed by atoms with E-state index in [0.717, 1.165) is 0 Å². The molecule has 1 heteroatoms. The van der Waals surface area contributed by atoms with Crippen LogP contribution < -0.4 is 0 Å². The van der Waals surface area contributed by atoms with E-state index in [1.165, 1.54) is 32.1 Å². The van der Waals surface area contributed by atoms with Gasteiger partial charge in [0, 0.05) is 5.92 Å². The second-order valence-corrected chi connectivity index (χ2v) is 6.15. The Kier molecular flexibility index (Phi) is 2.74. The molecule has 92 valence electrons. The molecule has 1 aliphatic carbocycles. The molecular weight excluding hydrogens is 208 g/mol. The smallest absolute Gasteiger partial charge is 0.0652 e. The summed E-state index contributed by atoms with van der Waals surface area (Å²) in [5.74, 6) is 0.640. The van der Waals surface area contributed by atoms with E-state index >= 15 is 0 Å². The van der Waals surface area contributed by atoms with Crippen molar-refractivity contribution in [3.05, 3.63) is 35.4 Å². The van der Waals surface area contributed by atoms with Crippen molar-refractivity contribution in [2.24, 2.45) is 0 Å². The van der Waals surface area contributed by atoms with Gasteiger partial charge in [0.05, 0.1) is 11.7 Å². The topological polar surface area (TPSA) is 9.23 Å². The van der Waals surface area contributed by atoms with E-state index in [1.54, 1.807) is 11.1 Å². The minimum absolute atomic E-state index is 0.0943. The van der Waals surface area contributed by atoms with Crippen LogP contribution in [0.5, 0.6) is 0 Å². The first kappa shape index (κ1) is 11.3. The summed E-state index contributed by atoms with van der Waals surface area (Å²) in [5.41, 5.74) is 3.20. The molecule has 1 saturated heterocycles. The fraction of sp³-hybridized carbons (Fsp3) is 0.625. The minimum atomic E-state index is 0.0943. The molecule has 17 heavy (non-hydrogen) atoms. The zero-order chi connectivity index (χ0) is 11.9. The second kappa shape index (κ2) is 4.13. The number of hydrogen-bond donors (Lipinski definition) is 0. The normalized spacial score (nSPS) is 31.2. The Morgan fingerprint density at radius 2 is 2.00 bits per heavy atom. The van der Waals surface area contributed by atoms with Crippen molar-refractivity contribution in [3.8, 4) is 0 Å². The van der Waals surface area contributed by atoms with Crippen LogP contribution in [0.3, 0.4) is 0 Å². The van der Waals surface area contributed by atoms with Gasteiger partial charge in [-0.2, -0.15) is 0 Å². The highest BCUT2D eigenvalue weighted by Gasteiger charge is 2.38. The first-order chi connectivity index (χ1) is 8.16. The van der Waals surface area contributed by atoms with E-state index in [0.29, 0.717) is 12.0 Å². The van der Waals surface area contributed by atoms with Crippen LogP contribution in [-0.2, 0) is 11.2 Å². The molecule has 1 aliphatic heterocycles. The highest BCUT2D eigenvalue weighted by Crippen LogP contribution is 2.42. The zero-order valence-corrected chi connectivity index (χ0v) is 10.9. The van der Waals surface area contributed by atoms with Crippen molar-refractivity contribution >= 4 is 0 Å². The van der Waals surface area contributed by atoms with Crippen LogP contribution in [0, 0.1) is 0 Å². The van der Waals surface area contributed by atoms with Crippen molar-refractivity contribution in [1.82, 2.24) is 0 Å². The molecule has 1 heterocycles. The molecular formula is C16H22O. The summed E-state index contributed by atoms with van der Waals surface area (Å²) in [5, 5.41) is 0. The average molecular weight is 230 g/mol. The molecule has 0 aromatic heterocycles. The molecule has 1 aromatic rings. The van der Waals surface area contributed by atoms with Gasteiger partial charge in [-0.05, 0) is 57.1 Å². The molecule has 2 aliphatic rings. The third kappa shape index (κ3) is 2.13. The molecule has 1 nitrogen and oxygen atoms in total. The Bertz CT molecular complexity index is 408. The van der Waals surface area contributed by atoms with Crippen LogP contribution >= 0.6 is 0 Å². The van der Waals surface area contributed by atoms with Gasteiger partial charge in [-0.3, -0.25) is 0 Å². The third-order valence-electron chi connectivity index (χ3n) is 4.37. The number of benzene rings is 1. The lowest BCUT2D eigenvalue weighted by Gasteiger charge is -2.31. The van der Waals surface area contributed by atoms with E-state index in [2.05, 4.69) is 38.1 Å². The monoisotopic (exact) mass is 230 g/mol. The van der Waals surface area contributed by atoms with E-state index in [9.17, 15) is 0 Å². The second-order valence-electron chi connectivity index (χ2n) is 6.15. The van der Waals surface area contributed by atoms with Gasteiger partial charge in [0.1, 0.15) is 0 Å². The maximum Gasteiger partial charge on any atom is 0.0652 e. The largest absolute Gasteiger partial charge is 0.372 e. The summed E-state index contributed by atoms with van der Waals surface area (Å²) in [7, 11) is 0. The standard InChI is InChI=1S/C16H22O/c1-16(2)11-10-15(17-16)14-9-5-7-12-6-3-4-8-13(12)14/h3-4,6,8,14-15H,5,7,9-11H2,1-2H3. The zero-order valence-electron chi connectivity index (χ0n) is 10.9. The molecule has 3 rings (SSSR count). The molecule has 0 N–H and O–H groups in total. The Morgan fingerprint density at radius 1 is 1.18 bits per heavy atom. The molecule has 1 aromatic carbocycles. The average Bonchev–Trinajstić information content (AvgIpc) is 2.69. The number of aryl methyl sites for hydroxylation is 1. The summed E-state index contributed by atoms with van der Waals surface area (Å²) in [4.78, 5) is 0. The Hall–Kier alpha value is -0.820. The van der Waals surface area contributed by atoms with Crippen molar-refractivity contribution in [1.29, 1.82) is 0 Å². The molecule has 1 fully saturated rings. The number of fused-ring (bicyclic) bond motifs is 1. The summed E-state index contributed by atoms with van der Waals surface area (Å²) < 4.78 is 6.25. The lowest BCUT2D eigenvalue weighted by Crippen LogP contribution is -2.26. The molecule has 2 unspecified atom stereocenters. The van der Waals surface area contributed by atoms with Crippen molar-refractivity contribution in [3.63, 3.8) is 0 Å². The maximum absolute atomic E-state index is 6.25. The van der Waals surface area contributed by atoms with Gasteiger partial charge in [0.15, 0.2) is 0 Å². The van der Waals surface area contributed by atoms with Crippen LogP contribution in [0.25, 0.3) is 0 Å². The van der Waals surface area contributed by atoms with Gasteiger partial charge in [0.25, 0.3) is 0 Å². The van der Waals surface area contributed by atoms with Gasteiger partial charge < -0.3 is 4.74 Å². The Balaban J connectivity index is 1.86. The quantitative estimate of drug-likeness (QED) is 0.707. The van der Waals surface area contributed by atoms with Gasteiger partial charge in [-0.1, -0.05) is 24.3 Å². The van der Waals surface area contributed by atoms with Crippen molar-refractivity contribution in [2.75, 3.05) is 0 Å². The fourth-order valence-electron chi connectivity index (χ4n) is 3.48. The first-order valence-corrected chi connectivity index (χ1v) is 6.91. The molecule has 2 atom stereocenters. The fourth-order valence-corrected chi connectivity index (χ4v) is 3.48. The van der Waals surface area contributed by atoms with E-state index in [1.807, 2.05) is 0 Å². The summed E-state index contributed by atoms with van der Waals surface area (Å²) >= 11 is 0. The van der Waals surface area contributed by atoms with E-state index in [-0.39, 0.29) is 5.60 Å². The molecule has 0 radical (unpaired) electrons. The highest BCUT2D eigenvalue weighted by atomic mass is 16.5. The van der Waals surface area contributed by atoms with Crippen molar-refractivity contribution < 1.29 is 4.74 Å². The van der Waals surface area contributed by atoms with Gasteiger partial charge in [-0.15, -0.1) is 0 Å². The third-order valence-corrected chi connectivity index (χ3v) is 4.37. The highest BCUT2D eigenvalue weighted by molar-refractivity contribution is 5.33. The predicted molar refractivity (Wildman–Crippen MR) is 70.3 cm³/mol. The summed E-state index contributed by atoms with van der Waals surface area (Å²) in [6.45, 7) is 4.45. The Morgan fingerprint density at radius 3 is 2.76 bits per heavy atom. The number of ether oxygens (including phenoxy) is 1. The van der Waals surface area contributed by atoms with Crippen LogP contribution in [0.15, 0.2) is 24.3 Å². The maximum atomic E-state index is 6.25. The van der Waals surface area contributed by atoms with Gasteiger partial charge in [0.2, 0.25) is 0 Å². The van der Waals surface area contributed by atoms with E-state index in [4.69, 9.17) is 4.74 Å².